The number of fused-ring (bicyclic) bond motifs is 3. The Morgan fingerprint density at radius 1 is 0.667 bits per heavy atom. The standard InChI is InChI=1S/C24H20/c1-2-18-14-16-19(17-15-18)8-7-13-24-22-11-5-3-9-20(22)21-10-4-6-12-23(21)24/h3-17H,2H2,1H3. The van der Waals surface area contributed by atoms with Crippen molar-refractivity contribution in [2.24, 2.45) is 0 Å². The minimum Gasteiger partial charge on any atom is -0.0616 e. The molecule has 1 aliphatic rings. The molecule has 0 N–H and O–H groups in total. The lowest BCUT2D eigenvalue weighted by Crippen LogP contribution is -1.80. The second kappa shape index (κ2) is 6.33. The maximum absolute atomic E-state index is 2.23. The zero-order valence-electron chi connectivity index (χ0n) is 13.9. The monoisotopic (exact) mass is 308 g/mol. The van der Waals surface area contributed by atoms with Crippen LogP contribution in [0.4, 0.5) is 0 Å². The first kappa shape index (κ1) is 14.7. The molecule has 1 aliphatic carbocycles. The second-order valence-corrected chi connectivity index (χ2v) is 6.13. The van der Waals surface area contributed by atoms with Crippen LogP contribution in [0.5, 0.6) is 0 Å². The van der Waals surface area contributed by atoms with Crippen LogP contribution in [0.25, 0.3) is 22.8 Å². The summed E-state index contributed by atoms with van der Waals surface area (Å²) in [7, 11) is 0. The lowest BCUT2D eigenvalue weighted by molar-refractivity contribution is 1.14. The van der Waals surface area contributed by atoms with E-state index in [4.69, 9.17) is 0 Å². The Morgan fingerprint density at radius 3 is 1.75 bits per heavy atom. The van der Waals surface area contributed by atoms with Gasteiger partial charge >= 0.3 is 0 Å². The Balaban J connectivity index is 1.70. The van der Waals surface area contributed by atoms with Crippen molar-refractivity contribution in [2.75, 3.05) is 0 Å². The number of aryl methyl sites for hydroxylation is 1. The van der Waals surface area contributed by atoms with Crippen molar-refractivity contribution in [2.45, 2.75) is 13.3 Å². The molecule has 0 atom stereocenters. The molecule has 0 amide bonds. The van der Waals surface area contributed by atoms with Crippen LogP contribution in [0, 0.1) is 0 Å². The van der Waals surface area contributed by atoms with Gasteiger partial charge in [-0.25, -0.2) is 0 Å². The van der Waals surface area contributed by atoms with Crippen LogP contribution in [0.1, 0.15) is 29.2 Å². The summed E-state index contributed by atoms with van der Waals surface area (Å²) in [4.78, 5) is 0. The molecule has 0 heterocycles. The molecule has 0 fully saturated rings. The number of benzene rings is 3. The van der Waals surface area contributed by atoms with E-state index in [2.05, 4.69) is 97.9 Å². The topological polar surface area (TPSA) is 0 Å². The minimum atomic E-state index is 1.08. The third-order valence-corrected chi connectivity index (χ3v) is 4.66. The molecule has 3 aromatic rings. The van der Waals surface area contributed by atoms with E-state index in [0.717, 1.165) is 6.42 Å². The van der Waals surface area contributed by atoms with Gasteiger partial charge in [0.1, 0.15) is 0 Å². The van der Waals surface area contributed by atoms with Gasteiger partial charge in [0.05, 0.1) is 0 Å². The van der Waals surface area contributed by atoms with Crippen molar-refractivity contribution in [1.29, 1.82) is 0 Å². The van der Waals surface area contributed by atoms with E-state index in [1.165, 1.54) is 39.0 Å². The molecule has 0 nitrogen and oxygen atoms in total. The summed E-state index contributed by atoms with van der Waals surface area (Å²) in [5.74, 6) is 0. The van der Waals surface area contributed by atoms with E-state index in [1.807, 2.05) is 0 Å². The van der Waals surface area contributed by atoms with Crippen molar-refractivity contribution < 1.29 is 0 Å². The van der Waals surface area contributed by atoms with E-state index in [1.54, 1.807) is 0 Å². The van der Waals surface area contributed by atoms with E-state index in [0.29, 0.717) is 0 Å². The minimum absolute atomic E-state index is 1.08. The summed E-state index contributed by atoms with van der Waals surface area (Å²) in [5, 5.41) is 0. The van der Waals surface area contributed by atoms with Crippen LogP contribution < -0.4 is 0 Å². The van der Waals surface area contributed by atoms with Gasteiger partial charge < -0.3 is 0 Å². The molecule has 0 aromatic heterocycles. The molecule has 0 bridgehead atoms. The average molecular weight is 308 g/mol. The first-order chi connectivity index (χ1) is 11.9. The maximum Gasteiger partial charge on any atom is -0.00990 e. The highest BCUT2D eigenvalue weighted by molar-refractivity contribution is 6.01. The fraction of sp³-hybridized carbons (Fsp3) is 0.0833. The summed E-state index contributed by atoms with van der Waals surface area (Å²) in [6, 6.07) is 26.1. The van der Waals surface area contributed by atoms with E-state index in [9.17, 15) is 0 Å². The highest BCUT2D eigenvalue weighted by Crippen LogP contribution is 2.43. The molecule has 3 aromatic carbocycles. The highest BCUT2D eigenvalue weighted by atomic mass is 14.2. The smallest absolute Gasteiger partial charge is 0.00990 e. The first-order valence-electron chi connectivity index (χ1n) is 8.53. The molecule has 0 saturated heterocycles. The van der Waals surface area contributed by atoms with Crippen molar-refractivity contribution >= 4 is 11.6 Å². The van der Waals surface area contributed by atoms with Gasteiger partial charge in [-0.3, -0.25) is 0 Å². The van der Waals surface area contributed by atoms with Crippen LogP contribution in [-0.4, -0.2) is 0 Å². The lowest BCUT2D eigenvalue weighted by Gasteiger charge is -2.01. The summed E-state index contributed by atoms with van der Waals surface area (Å²) in [5.41, 5.74) is 9.24. The number of allylic oxidation sites excluding steroid dienone is 2. The van der Waals surface area contributed by atoms with Gasteiger partial charge in [0.15, 0.2) is 0 Å². The van der Waals surface area contributed by atoms with E-state index >= 15 is 0 Å². The molecule has 0 aliphatic heterocycles. The van der Waals surface area contributed by atoms with E-state index < -0.39 is 0 Å². The Bertz CT molecular complexity index is 877. The average Bonchev–Trinajstić information content (AvgIpc) is 2.97. The normalized spacial score (nSPS) is 12.3. The molecule has 0 saturated carbocycles. The van der Waals surface area contributed by atoms with Crippen molar-refractivity contribution in [3.8, 4) is 11.1 Å². The van der Waals surface area contributed by atoms with Crippen molar-refractivity contribution in [3.05, 3.63) is 107 Å². The number of hydrogen-bond donors (Lipinski definition) is 0. The molecule has 116 valence electrons. The Labute approximate surface area is 143 Å². The molecular formula is C24H20. The van der Waals surface area contributed by atoms with Crippen LogP contribution in [0.3, 0.4) is 0 Å². The molecule has 4 rings (SSSR count). The highest BCUT2D eigenvalue weighted by Gasteiger charge is 2.21. The molecular weight excluding hydrogens is 288 g/mol. The predicted molar refractivity (Wildman–Crippen MR) is 104 cm³/mol. The fourth-order valence-corrected chi connectivity index (χ4v) is 3.35. The Hall–Kier alpha value is -2.86. The Morgan fingerprint density at radius 2 is 1.21 bits per heavy atom. The molecule has 24 heavy (non-hydrogen) atoms. The first-order valence-corrected chi connectivity index (χ1v) is 8.53. The van der Waals surface area contributed by atoms with Crippen LogP contribution >= 0.6 is 0 Å². The largest absolute Gasteiger partial charge is 0.0616 e. The van der Waals surface area contributed by atoms with Crippen LogP contribution in [0.15, 0.2) is 84.9 Å². The molecule has 0 spiro atoms. The summed E-state index contributed by atoms with van der Waals surface area (Å²) < 4.78 is 0. The van der Waals surface area contributed by atoms with Gasteiger partial charge in [-0.05, 0) is 45.4 Å². The quantitative estimate of drug-likeness (QED) is 0.412. The maximum atomic E-state index is 2.23. The van der Waals surface area contributed by atoms with Crippen molar-refractivity contribution in [3.63, 3.8) is 0 Å². The number of hydrogen-bond acceptors (Lipinski definition) is 0. The molecule has 0 unspecified atom stereocenters. The van der Waals surface area contributed by atoms with Crippen LogP contribution in [-0.2, 0) is 6.42 Å². The summed E-state index contributed by atoms with van der Waals surface area (Å²) in [6.45, 7) is 2.18. The lowest BCUT2D eigenvalue weighted by atomic mass is 10.0. The zero-order valence-corrected chi connectivity index (χ0v) is 13.9. The molecule has 0 heteroatoms. The Kier molecular flexibility index (Phi) is 3.88. The predicted octanol–water partition coefficient (Wildman–Crippen LogP) is 6.37. The molecule has 0 radical (unpaired) electrons. The summed E-state index contributed by atoms with van der Waals surface area (Å²) >= 11 is 0. The van der Waals surface area contributed by atoms with E-state index in [-0.39, 0.29) is 0 Å². The third-order valence-electron chi connectivity index (χ3n) is 4.66. The zero-order chi connectivity index (χ0) is 16.4. The van der Waals surface area contributed by atoms with Gasteiger partial charge in [0.25, 0.3) is 0 Å². The van der Waals surface area contributed by atoms with Gasteiger partial charge in [0.2, 0.25) is 0 Å². The fourth-order valence-electron chi connectivity index (χ4n) is 3.35. The third kappa shape index (κ3) is 2.61. The van der Waals surface area contributed by atoms with Crippen molar-refractivity contribution in [1.82, 2.24) is 0 Å². The van der Waals surface area contributed by atoms with Gasteiger partial charge in [-0.1, -0.05) is 97.9 Å². The van der Waals surface area contributed by atoms with Crippen LogP contribution in [0.2, 0.25) is 0 Å². The SMILES string of the molecule is CCc1ccc(C=CC=C2c3ccccc3-c3ccccc32)cc1. The van der Waals surface area contributed by atoms with Gasteiger partial charge in [0, 0.05) is 0 Å². The number of rotatable bonds is 3. The second-order valence-electron chi connectivity index (χ2n) is 6.13. The van der Waals surface area contributed by atoms with Gasteiger partial charge in [-0.2, -0.15) is 0 Å². The van der Waals surface area contributed by atoms with Gasteiger partial charge in [-0.15, -0.1) is 0 Å². The summed E-state index contributed by atoms with van der Waals surface area (Å²) in [6.07, 6.45) is 7.66.